The molecule has 0 saturated heterocycles. The number of aromatic nitrogens is 3. The first-order valence-electron chi connectivity index (χ1n) is 7.42. The SMILES string of the molecule is CC(=O)N(C)c1cccc(NC(=O)c2cnn3ccc(C)nc23)c1. The molecule has 1 aromatic carbocycles. The topological polar surface area (TPSA) is 79.6 Å². The monoisotopic (exact) mass is 323 g/mol. The van der Waals surface area contributed by atoms with Gasteiger partial charge in [0.1, 0.15) is 5.56 Å². The van der Waals surface area contributed by atoms with Gasteiger partial charge >= 0.3 is 0 Å². The Morgan fingerprint density at radius 2 is 2.04 bits per heavy atom. The van der Waals surface area contributed by atoms with Crippen molar-refractivity contribution < 1.29 is 9.59 Å². The van der Waals surface area contributed by atoms with Crippen molar-refractivity contribution in [2.75, 3.05) is 17.3 Å². The summed E-state index contributed by atoms with van der Waals surface area (Å²) >= 11 is 0. The maximum Gasteiger partial charge on any atom is 0.261 e. The molecule has 7 heteroatoms. The Kier molecular flexibility index (Phi) is 3.99. The molecular formula is C17H17N5O2. The number of rotatable bonds is 3. The molecule has 24 heavy (non-hydrogen) atoms. The third-order valence-electron chi connectivity index (χ3n) is 3.72. The Morgan fingerprint density at radius 1 is 1.25 bits per heavy atom. The van der Waals surface area contributed by atoms with Gasteiger partial charge in [-0.2, -0.15) is 5.10 Å². The van der Waals surface area contributed by atoms with Gasteiger partial charge in [0.25, 0.3) is 5.91 Å². The van der Waals surface area contributed by atoms with Crippen LogP contribution in [0, 0.1) is 6.92 Å². The van der Waals surface area contributed by atoms with Crippen LogP contribution < -0.4 is 10.2 Å². The van der Waals surface area contributed by atoms with Crippen LogP contribution >= 0.6 is 0 Å². The third-order valence-corrected chi connectivity index (χ3v) is 3.72. The molecule has 2 heterocycles. The molecule has 7 nitrogen and oxygen atoms in total. The first-order valence-corrected chi connectivity index (χ1v) is 7.42. The number of hydrogen-bond donors (Lipinski definition) is 1. The fourth-order valence-corrected chi connectivity index (χ4v) is 2.29. The summed E-state index contributed by atoms with van der Waals surface area (Å²) in [4.78, 5) is 29.9. The largest absolute Gasteiger partial charge is 0.322 e. The number of nitrogens with one attached hydrogen (secondary N) is 1. The molecule has 0 spiro atoms. The van der Waals surface area contributed by atoms with E-state index in [0.29, 0.717) is 22.6 Å². The lowest BCUT2D eigenvalue weighted by Crippen LogP contribution is -2.23. The van der Waals surface area contributed by atoms with Crippen LogP contribution in [0.3, 0.4) is 0 Å². The minimum absolute atomic E-state index is 0.0826. The number of aryl methyl sites for hydroxylation is 1. The Bertz CT molecular complexity index is 932. The molecule has 0 aliphatic carbocycles. The zero-order chi connectivity index (χ0) is 17.3. The number of benzene rings is 1. The highest BCUT2D eigenvalue weighted by Crippen LogP contribution is 2.20. The number of carbonyl (C=O) groups is 2. The number of hydrogen-bond acceptors (Lipinski definition) is 4. The first-order chi connectivity index (χ1) is 11.5. The highest BCUT2D eigenvalue weighted by molar-refractivity contribution is 6.08. The minimum atomic E-state index is -0.300. The molecule has 0 bridgehead atoms. The van der Waals surface area contributed by atoms with Gasteiger partial charge in [0, 0.05) is 37.2 Å². The van der Waals surface area contributed by atoms with Gasteiger partial charge in [0.2, 0.25) is 5.91 Å². The first kappa shape index (κ1) is 15.7. The van der Waals surface area contributed by atoms with Crippen molar-refractivity contribution in [2.45, 2.75) is 13.8 Å². The zero-order valence-electron chi connectivity index (χ0n) is 13.6. The van der Waals surface area contributed by atoms with E-state index in [1.165, 1.54) is 18.0 Å². The summed E-state index contributed by atoms with van der Waals surface area (Å²) in [6.45, 7) is 3.34. The van der Waals surface area contributed by atoms with Crippen LogP contribution in [-0.2, 0) is 4.79 Å². The molecule has 3 rings (SSSR count). The predicted molar refractivity (Wildman–Crippen MR) is 91.2 cm³/mol. The van der Waals surface area contributed by atoms with Crippen LogP contribution in [-0.4, -0.2) is 33.5 Å². The van der Waals surface area contributed by atoms with Gasteiger partial charge in [-0.05, 0) is 31.2 Å². The van der Waals surface area contributed by atoms with Crippen LogP contribution in [0.25, 0.3) is 5.65 Å². The van der Waals surface area contributed by atoms with Crippen LogP contribution in [0.5, 0.6) is 0 Å². The Hall–Kier alpha value is -3.22. The van der Waals surface area contributed by atoms with Crippen molar-refractivity contribution in [3.63, 3.8) is 0 Å². The highest BCUT2D eigenvalue weighted by atomic mass is 16.2. The Labute approximate surface area is 138 Å². The van der Waals surface area contributed by atoms with Crippen LogP contribution in [0.4, 0.5) is 11.4 Å². The molecule has 2 amide bonds. The summed E-state index contributed by atoms with van der Waals surface area (Å²) in [7, 11) is 1.68. The van der Waals surface area contributed by atoms with E-state index in [1.807, 2.05) is 13.0 Å². The molecule has 122 valence electrons. The van der Waals surface area contributed by atoms with Crippen molar-refractivity contribution in [1.82, 2.24) is 14.6 Å². The quantitative estimate of drug-likeness (QED) is 0.802. The number of fused-ring (bicyclic) bond motifs is 1. The van der Waals surface area contributed by atoms with Gasteiger partial charge in [-0.15, -0.1) is 0 Å². The normalized spacial score (nSPS) is 10.6. The summed E-state index contributed by atoms with van der Waals surface area (Å²) in [6, 6.07) is 8.91. The number of anilines is 2. The van der Waals surface area contributed by atoms with E-state index in [1.54, 1.807) is 42.0 Å². The Morgan fingerprint density at radius 3 is 2.79 bits per heavy atom. The third kappa shape index (κ3) is 2.96. The molecule has 0 unspecified atom stereocenters. The smallest absolute Gasteiger partial charge is 0.261 e. The van der Waals surface area contributed by atoms with Gasteiger partial charge in [0.15, 0.2) is 5.65 Å². The average Bonchev–Trinajstić information content (AvgIpc) is 2.97. The van der Waals surface area contributed by atoms with Crippen molar-refractivity contribution in [3.8, 4) is 0 Å². The standard InChI is InChI=1S/C17H17N5O2/c1-11-7-8-22-16(19-11)15(10-18-22)17(24)20-13-5-4-6-14(9-13)21(3)12(2)23/h4-10H,1-3H3,(H,20,24). The van der Waals surface area contributed by atoms with Gasteiger partial charge in [-0.25, -0.2) is 9.50 Å². The second kappa shape index (κ2) is 6.11. The van der Waals surface area contributed by atoms with Gasteiger partial charge in [-0.3, -0.25) is 9.59 Å². The van der Waals surface area contributed by atoms with Crippen molar-refractivity contribution >= 4 is 28.8 Å². The molecule has 0 aliphatic rings. The molecule has 0 aliphatic heterocycles. The summed E-state index contributed by atoms with van der Waals surface area (Å²) in [5.74, 6) is -0.383. The molecular weight excluding hydrogens is 306 g/mol. The lowest BCUT2D eigenvalue weighted by Gasteiger charge is -2.16. The van der Waals surface area contributed by atoms with Crippen LogP contribution in [0.15, 0.2) is 42.7 Å². The highest BCUT2D eigenvalue weighted by Gasteiger charge is 2.15. The van der Waals surface area contributed by atoms with E-state index in [4.69, 9.17) is 0 Å². The summed E-state index contributed by atoms with van der Waals surface area (Å²) in [5.41, 5.74) is 3.00. The lowest BCUT2D eigenvalue weighted by molar-refractivity contribution is -0.116. The molecule has 1 N–H and O–H groups in total. The van der Waals surface area contributed by atoms with E-state index in [9.17, 15) is 9.59 Å². The molecule has 2 aromatic heterocycles. The van der Waals surface area contributed by atoms with E-state index < -0.39 is 0 Å². The van der Waals surface area contributed by atoms with E-state index >= 15 is 0 Å². The maximum atomic E-state index is 12.5. The molecule has 0 radical (unpaired) electrons. The minimum Gasteiger partial charge on any atom is -0.322 e. The molecule has 0 atom stereocenters. The number of amides is 2. The second-order valence-electron chi connectivity index (χ2n) is 5.48. The number of nitrogens with zero attached hydrogens (tertiary/aromatic N) is 4. The lowest BCUT2D eigenvalue weighted by atomic mass is 10.2. The molecule has 0 saturated carbocycles. The second-order valence-corrected chi connectivity index (χ2v) is 5.48. The summed E-state index contributed by atoms with van der Waals surface area (Å²) in [5, 5.41) is 6.95. The average molecular weight is 323 g/mol. The molecule has 0 fully saturated rings. The van der Waals surface area contributed by atoms with Crippen LogP contribution in [0.1, 0.15) is 23.0 Å². The van der Waals surface area contributed by atoms with Crippen LogP contribution in [0.2, 0.25) is 0 Å². The fourth-order valence-electron chi connectivity index (χ4n) is 2.29. The van der Waals surface area contributed by atoms with E-state index in [-0.39, 0.29) is 11.8 Å². The van der Waals surface area contributed by atoms with E-state index in [2.05, 4.69) is 15.4 Å². The number of carbonyl (C=O) groups excluding carboxylic acids is 2. The summed E-state index contributed by atoms with van der Waals surface area (Å²) < 4.78 is 1.56. The summed E-state index contributed by atoms with van der Waals surface area (Å²) in [6.07, 6.45) is 3.25. The maximum absolute atomic E-state index is 12.5. The van der Waals surface area contributed by atoms with Gasteiger partial charge in [-0.1, -0.05) is 6.07 Å². The van der Waals surface area contributed by atoms with E-state index in [0.717, 1.165) is 5.69 Å². The molecule has 3 aromatic rings. The zero-order valence-corrected chi connectivity index (χ0v) is 13.6. The van der Waals surface area contributed by atoms with Gasteiger partial charge < -0.3 is 10.2 Å². The van der Waals surface area contributed by atoms with Crippen molar-refractivity contribution in [1.29, 1.82) is 0 Å². The van der Waals surface area contributed by atoms with Crippen molar-refractivity contribution in [2.24, 2.45) is 0 Å². The Balaban J connectivity index is 1.88. The van der Waals surface area contributed by atoms with Gasteiger partial charge in [0.05, 0.1) is 6.20 Å². The fraction of sp³-hybridized carbons (Fsp3) is 0.176. The predicted octanol–water partition coefficient (Wildman–Crippen LogP) is 2.27. The van der Waals surface area contributed by atoms with Crippen molar-refractivity contribution in [3.05, 3.63) is 54.0 Å².